The monoisotopic (exact) mass is 274 g/mol. The minimum Gasteiger partial charge on any atom is -0.366 e. The van der Waals surface area contributed by atoms with Gasteiger partial charge in [0.15, 0.2) is 0 Å². The minimum absolute atomic E-state index is 0.364. The zero-order valence-electron chi connectivity index (χ0n) is 12.6. The SMILES string of the molecule is CC(C)CCC(NCc1ccc(C(N)=O)cc1)C1CC1. The first-order valence-electron chi connectivity index (χ1n) is 7.68. The number of benzene rings is 1. The van der Waals surface area contributed by atoms with Crippen LogP contribution < -0.4 is 11.1 Å². The van der Waals surface area contributed by atoms with Gasteiger partial charge in [-0.15, -0.1) is 0 Å². The molecule has 1 amide bonds. The second-order valence-electron chi connectivity index (χ2n) is 6.36. The zero-order chi connectivity index (χ0) is 14.5. The highest BCUT2D eigenvalue weighted by Crippen LogP contribution is 2.35. The predicted octanol–water partition coefficient (Wildman–Crippen LogP) is 3.09. The maximum absolute atomic E-state index is 11.0. The molecule has 1 saturated carbocycles. The van der Waals surface area contributed by atoms with E-state index >= 15 is 0 Å². The molecular formula is C17H26N2O. The molecule has 1 fully saturated rings. The van der Waals surface area contributed by atoms with Crippen molar-refractivity contribution in [1.82, 2.24) is 5.32 Å². The molecule has 1 unspecified atom stereocenters. The lowest BCUT2D eigenvalue weighted by atomic mass is 10.00. The molecule has 1 aromatic rings. The van der Waals surface area contributed by atoms with Gasteiger partial charge in [0.2, 0.25) is 5.91 Å². The number of rotatable bonds is 8. The molecule has 0 bridgehead atoms. The summed E-state index contributed by atoms with van der Waals surface area (Å²) in [6, 6.07) is 8.23. The third-order valence-electron chi connectivity index (χ3n) is 4.05. The van der Waals surface area contributed by atoms with Crippen molar-refractivity contribution in [2.24, 2.45) is 17.6 Å². The van der Waals surface area contributed by atoms with E-state index in [4.69, 9.17) is 5.73 Å². The molecule has 110 valence electrons. The average molecular weight is 274 g/mol. The smallest absolute Gasteiger partial charge is 0.248 e. The van der Waals surface area contributed by atoms with Crippen LogP contribution in [-0.4, -0.2) is 11.9 Å². The van der Waals surface area contributed by atoms with Crippen molar-refractivity contribution >= 4 is 5.91 Å². The first-order chi connectivity index (χ1) is 9.56. The topological polar surface area (TPSA) is 55.1 Å². The lowest BCUT2D eigenvalue weighted by Gasteiger charge is -2.19. The van der Waals surface area contributed by atoms with Crippen LogP contribution in [0.4, 0.5) is 0 Å². The Balaban J connectivity index is 1.83. The Hall–Kier alpha value is -1.35. The molecule has 0 radical (unpaired) electrons. The van der Waals surface area contributed by atoms with Gasteiger partial charge in [-0.25, -0.2) is 0 Å². The van der Waals surface area contributed by atoms with E-state index in [0.717, 1.165) is 18.4 Å². The summed E-state index contributed by atoms with van der Waals surface area (Å²) in [5, 5.41) is 3.69. The molecule has 0 aromatic heterocycles. The molecule has 2 rings (SSSR count). The molecule has 0 spiro atoms. The number of carbonyl (C=O) groups excluding carboxylic acids is 1. The maximum Gasteiger partial charge on any atom is 0.248 e. The van der Waals surface area contributed by atoms with Gasteiger partial charge in [0, 0.05) is 18.2 Å². The summed E-state index contributed by atoms with van der Waals surface area (Å²) in [6.07, 6.45) is 5.29. The van der Waals surface area contributed by atoms with Crippen molar-refractivity contribution in [1.29, 1.82) is 0 Å². The van der Waals surface area contributed by atoms with Crippen LogP contribution in [0.15, 0.2) is 24.3 Å². The average Bonchev–Trinajstić information content (AvgIpc) is 3.23. The molecule has 3 nitrogen and oxygen atoms in total. The molecule has 3 N–H and O–H groups in total. The Bertz CT molecular complexity index is 435. The van der Waals surface area contributed by atoms with Crippen molar-refractivity contribution in [2.75, 3.05) is 0 Å². The van der Waals surface area contributed by atoms with Gasteiger partial charge in [-0.2, -0.15) is 0 Å². The Morgan fingerprint density at radius 1 is 1.25 bits per heavy atom. The van der Waals surface area contributed by atoms with Crippen LogP contribution in [0.5, 0.6) is 0 Å². The largest absolute Gasteiger partial charge is 0.366 e. The summed E-state index contributed by atoms with van der Waals surface area (Å²) >= 11 is 0. The van der Waals surface area contributed by atoms with E-state index in [9.17, 15) is 4.79 Å². The van der Waals surface area contributed by atoms with Gasteiger partial charge in [-0.1, -0.05) is 26.0 Å². The molecule has 3 heteroatoms. The zero-order valence-corrected chi connectivity index (χ0v) is 12.6. The number of hydrogen-bond acceptors (Lipinski definition) is 2. The fraction of sp³-hybridized carbons (Fsp3) is 0.588. The van der Waals surface area contributed by atoms with E-state index in [1.165, 1.54) is 31.2 Å². The second kappa shape index (κ2) is 6.89. The van der Waals surface area contributed by atoms with Crippen molar-refractivity contribution in [3.05, 3.63) is 35.4 Å². The van der Waals surface area contributed by atoms with Gasteiger partial charge in [-0.05, 0) is 55.2 Å². The third kappa shape index (κ3) is 4.64. The Labute approximate surface area is 121 Å². The molecular weight excluding hydrogens is 248 g/mol. The van der Waals surface area contributed by atoms with Crippen molar-refractivity contribution in [3.63, 3.8) is 0 Å². The second-order valence-corrected chi connectivity index (χ2v) is 6.36. The fourth-order valence-corrected chi connectivity index (χ4v) is 2.55. The molecule has 1 aliphatic carbocycles. The molecule has 1 aromatic carbocycles. The Morgan fingerprint density at radius 3 is 2.40 bits per heavy atom. The molecule has 0 aliphatic heterocycles. The normalized spacial score (nSPS) is 16.4. The van der Waals surface area contributed by atoms with Gasteiger partial charge in [-0.3, -0.25) is 4.79 Å². The van der Waals surface area contributed by atoms with E-state index in [0.29, 0.717) is 11.6 Å². The lowest BCUT2D eigenvalue weighted by molar-refractivity contribution is 0.100. The highest BCUT2D eigenvalue weighted by molar-refractivity contribution is 5.92. The van der Waals surface area contributed by atoms with E-state index in [1.807, 2.05) is 12.1 Å². The number of hydrogen-bond donors (Lipinski definition) is 2. The minimum atomic E-state index is -0.364. The number of carbonyl (C=O) groups is 1. The van der Waals surface area contributed by atoms with Crippen LogP contribution in [0.25, 0.3) is 0 Å². The molecule has 1 atom stereocenters. The standard InChI is InChI=1S/C17H26N2O/c1-12(2)3-10-16(14-8-9-14)19-11-13-4-6-15(7-5-13)17(18)20/h4-7,12,14,16,19H,3,8-11H2,1-2H3,(H2,18,20). The van der Waals surface area contributed by atoms with E-state index in [2.05, 4.69) is 19.2 Å². The van der Waals surface area contributed by atoms with E-state index < -0.39 is 0 Å². The third-order valence-corrected chi connectivity index (χ3v) is 4.05. The van der Waals surface area contributed by atoms with Crippen molar-refractivity contribution < 1.29 is 4.79 Å². The van der Waals surface area contributed by atoms with Gasteiger partial charge >= 0.3 is 0 Å². The van der Waals surface area contributed by atoms with Crippen LogP contribution in [0, 0.1) is 11.8 Å². The number of nitrogens with two attached hydrogens (primary N) is 1. The van der Waals surface area contributed by atoms with Crippen LogP contribution in [0.2, 0.25) is 0 Å². The van der Waals surface area contributed by atoms with Gasteiger partial charge in [0.05, 0.1) is 0 Å². The van der Waals surface area contributed by atoms with Crippen LogP contribution in [-0.2, 0) is 6.54 Å². The van der Waals surface area contributed by atoms with E-state index in [-0.39, 0.29) is 5.91 Å². The van der Waals surface area contributed by atoms with Crippen molar-refractivity contribution in [3.8, 4) is 0 Å². The van der Waals surface area contributed by atoms with E-state index in [1.54, 1.807) is 12.1 Å². The highest BCUT2D eigenvalue weighted by atomic mass is 16.1. The molecule has 20 heavy (non-hydrogen) atoms. The fourth-order valence-electron chi connectivity index (χ4n) is 2.55. The first-order valence-corrected chi connectivity index (χ1v) is 7.68. The maximum atomic E-state index is 11.0. The highest BCUT2D eigenvalue weighted by Gasteiger charge is 2.30. The van der Waals surface area contributed by atoms with Crippen LogP contribution >= 0.6 is 0 Å². The predicted molar refractivity (Wildman–Crippen MR) is 82.4 cm³/mol. The molecule has 1 aliphatic rings. The van der Waals surface area contributed by atoms with Gasteiger partial charge in [0.1, 0.15) is 0 Å². The number of nitrogens with one attached hydrogen (secondary N) is 1. The number of primary amides is 1. The Morgan fingerprint density at radius 2 is 1.90 bits per heavy atom. The summed E-state index contributed by atoms with van der Waals surface area (Å²) in [6.45, 7) is 5.44. The van der Waals surface area contributed by atoms with Gasteiger partial charge < -0.3 is 11.1 Å². The molecule has 0 heterocycles. The summed E-state index contributed by atoms with van der Waals surface area (Å²) in [5.74, 6) is 1.28. The number of amides is 1. The summed E-state index contributed by atoms with van der Waals surface area (Å²) in [4.78, 5) is 11.0. The Kier molecular flexibility index (Phi) is 5.18. The van der Waals surface area contributed by atoms with Gasteiger partial charge in [0.25, 0.3) is 0 Å². The quantitative estimate of drug-likeness (QED) is 0.765. The first kappa shape index (κ1) is 15.0. The summed E-state index contributed by atoms with van der Waals surface area (Å²) in [7, 11) is 0. The molecule has 0 saturated heterocycles. The van der Waals surface area contributed by atoms with Crippen molar-refractivity contribution in [2.45, 2.75) is 52.1 Å². The van der Waals surface area contributed by atoms with Crippen LogP contribution in [0.3, 0.4) is 0 Å². The lowest BCUT2D eigenvalue weighted by Crippen LogP contribution is -2.31. The van der Waals surface area contributed by atoms with Crippen LogP contribution in [0.1, 0.15) is 55.5 Å². The summed E-state index contributed by atoms with van der Waals surface area (Å²) in [5.41, 5.74) is 7.04. The summed E-state index contributed by atoms with van der Waals surface area (Å²) < 4.78 is 0.